The summed E-state index contributed by atoms with van der Waals surface area (Å²) in [6, 6.07) is 11.1. The number of amides is 2. The lowest BCUT2D eigenvalue weighted by Gasteiger charge is -2.25. The van der Waals surface area contributed by atoms with Crippen LogP contribution in [0, 0.1) is 11.3 Å². The van der Waals surface area contributed by atoms with Crippen LogP contribution in [0.4, 0.5) is 5.69 Å². The molecule has 7 nitrogen and oxygen atoms in total. The zero-order chi connectivity index (χ0) is 20.4. The number of nitrogens with one attached hydrogen (secondary N) is 1. The molecule has 1 atom stereocenters. The topological polar surface area (TPSA) is 91.7 Å². The van der Waals surface area contributed by atoms with Gasteiger partial charge in [-0.1, -0.05) is 11.6 Å². The molecule has 0 spiro atoms. The summed E-state index contributed by atoms with van der Waals surface area (Å²) in [4.78, 5) is 27.4. The number of fused-ring (bicyclic) bond motifs is 1. The van der Waals surface area contributed by atoms with E-state index >= 15 is 0 Å². The van der Waals surface area contributed by atoms with Crippen molar-refractivity contribution in [3.8, 4) is 17.6 Å². The molecule has 148 valence electrons. The summed E-state index contributed by atoms with van der Waals surface area (Å²) in [5, 5.41) is 12.0. The van der Waals surface area contributed by atoms with Crippen molar-refractivity contribution >= 4 is 40.9 Å². The number of halogens is 1. The Labute approximate surface area is 176 Å². The van der Waals surface area contributed by atoms with Gasteiger partial charge in [-0.05, 0) is 36.4 Å². The molecule has 2 aliphatic heterocycles. The van der Waals surface area contributed by atoms with Gasteiger partial charge in [0, 0.05) is 17.0 Å². The molecule has 1 fully saturated rings. The average molecular weight is 430 g/mol. The number of benzene rings is 2. The summed E-state index contributed by atoms with van der Waals surface area (Å²) < 4.78 is 11.0. The van der Waals surface area contributed by atoms with E-state index < -0.39 is 6.04 Å². The molecule has 1 unspecified atom stereocenters. The number of rotatable bonds is 3. The molecule has 2 aromatic carbocycles. The smallest absolute Gasteiger partial charge is 0.255 e. The van der Waals surface area contributed by atoms with E-state index in [1.54, 1.807) is 30.3 Å². The molecule has 0 radical (unpaired) electrons. The first-order valence-electron chi connectivity index (χ1n) is 8.85. The number of thioether (sulfide) groups is 1. The third-order valence-electron chi connectivity index (χ3n) is 4.57. The largest absolute Gasteiger partial charge is 0.486 e. The van der Waals surface area contributed by atoms with Gasteiger partial charge in [0.15, 0.2) is 11.5 Å². The van der Waals surface area contributed by atoms with E-state index in [1.165, 1.54) is 22.7 Å². The normalized spacial score (nSPS) is 17.5. The number of ether oxygens (including phenoxy) is 2. The van der Waals surface area contributed by atoms with E-state index in [1.807, 2.05) is 6.07 Å². The monoisotopic (exact) mass is 429 g/mol. The van der Waals surface area contributed by atoms with Crippen LogP contribution < -0.4 is 14.8 Å². The highest BCUT2D eigenvalue weighted by Crippen LogP contribution is 2.39. The number of nitriles is 1. The number of hydrogen-bond donors (Lipinski definition) is 1. The van der Waals surface area contributed by atoms with Crippen LogP contribution in [0.25, 0.3) is 0 Å². The van der Waals surface area contributed by atoms with Crippen LogP contribution in [0.2, 0.25) is 5.02 Å². The Bertz CT molecular complexity index is 1010. The van der Waals surface area contributed by atoms with Crippen LogP contribution in [0.1, 0.15) is 15.9 Å². The van der Waals surface area contributed by atoms with Gasteiger partial charge in [0.1, 0.15) is 19.3 Å². The number of nitrogens with zero attached hydrogens (tertiary/aromatic N) is 2. The summed E-state index contributed by atoms with van der Waals surface area (Å²) in [5.74, 6) is 1.17. The molecule has 1 saturated heterocycles. The van der Waals surface area contributed by atoms with Crippen LogP contribution in [0.15, 0.2) is 36.4 Å². The fourth-order valence-electron chi connectivity index (χ4n) is 3.11. The first-order chi connectivity index (χ1) is 14.1. The molecule has 0 bridgehead atoms. The fraction of sp³-hybridized carbons (Fsp3) is 0.250. The zero-order valence-electron chi connectivity index (χ0n) is 15.2. The second-order valence-corrected chi connectivity index (χ2v) is 7.86. The molecule has 9 heteroatoms. The van der Waals surface area contributed by atoms with Gasteiger partial charge in [-0.2, -0.15) is 5.26 Å². The minimum absolute atomic E-state index is 0.281. The zero-order valence-corrected chi connectivity index (χ0v) is 16.8. The van der Waals surface area contributed by atoms with Crippen molar-refractivity contribution in [3.05, 3.63) is 52.5 Å². The van der Waals surface area contributed by atoms with E-state index in [-0.39, 0.29) is 11.8 Å². The number of hydrogen-bond acceptors (Lipinski definition) is 6. The molecule has 2 amide bonds. The van der Waals surface area contributed by atoms with Crippen molar-refractivity contribution in [2.24, 2.45) is 0 Å². The van der Waals surface area contributed by atoms with Gasteiger partial charge in [0.05, 0.1) is 22.5 Å². The molecule has 2 aliphatic rings. The summed E-state index contributed by atoms with van der Waals surface area (Å²) in [6.07, 6.45) is 0. The van der Waals surface area contributed by atoms with Crippen molar-refractivity contribution < 1.29 is 19.1 Å². The predicted molar refractivity (Wildman–Crippen MR) is 110 cm³/mol. The second-order valence-electron chi connectivity index (χ2n) is 6.45. The number of carbonyl (C=O) groups excluding carboxylic acids is 2. The molecule has 0 aromatic heterocycles. The van der Waals surface area contributed by atoms with Gasteiger partial charge in [-0.25, -0.2) is 0 Å². The maximum Gasteiger partial charge on any atom is 0.255 e. The van der Waals surface area contributed by atoms with E-state index in [9.17, 15) is 9.59 Å². The summed E-state index contributed by atoms with van der Waals surface area (Å²) in [5.41, 5.74) is 1.42. The van der Waals surface area contributed by atoms with Gasteiger partial charge in [-0.3, -0.25) is 9.59 Å². The van der Waals surface area contributed by atoms with Crippen molar-refractivity contribution in [1.29, 1.82) is 5.26 Å². The number of carbonyl (C=O) groups is 2. The quantitative estimate of drug-likeness (QED) is 0.805. The van der Waals surface area contributed by atoms with E-state index in [0.717, 1.165) is 0 Å². The SMILES string of the molecule is N#Cc1ccc(NC(=O)C2CSCN2C(=O)c2cc(Cl)c3c(c2)OCCO3)cc1. The molecular weight excluding hydrogens is 414 g/mol. The lowest BCUT2D eigenvalue weighted by atomic mass is 10.1. The minimum atomic E-state index is -0.616. The van der Waals surface area contributed by atoms with Gasteiger partial charge in [0.25, 0.3) is 5.91 Å². The van der Waals surface area contributed by atoms with Gasteiger partial charge in [-0.15, -0.1) is 11.8 Å². The van der Waals surface area contributed by atoms with Crippen molar-refractivity contribution in [2.75, 3.05) is 30.2 Å². The van der Waals surface area contributed by atoms with Crippen LogP contribution in [-0.4, -0.2) is 47.6 Å². The Morgan fingerprint density at radius 1 is 1.21 bits per heavy atom. The fourth-order valence-corrected chi connectivity index (χ4v) is 4.53. The maximum absolute atomic E-state index is 13.1. The minimum Gasteiger partial charge on any atom is -0.486 e. The summed E-state index contributed by atoms with van der Waals surface area (Å²) in [7, 11) is 0. The lowest BCUT2D eigenvalue weighted by molar-refractivity contribution is -0.119. The third kappa shape index (κ3) is 3.97. The van der Waals surface area contributed by atoms with Crippen LogP contribution in [0.5, 0.6) is 11.5 Å². The highest BCUT2D eigenvalue weighted by molar-refractivity contribution is 7.99. The first kappa shape index (κ1) is 19.4. The van der Waals surface area contributed by atoms with E-state index in [4.69, 9.17) is 26.3 Å². The Balaban J connectivity index is 1.51. The van der Waals surface area contributed by atoms with Gasteiger partial charge in [0.2, 0.25) is 5.91 Å². The molecule has 4 rings (SSSR count). The van der Waals surface area contributed by atoms with E-state index in [2.05, 4.69) is 5.32 Å². The Kier molecular flexibility index (Phi) is 5.51. The Hall–Kier alpha value is -2.89. The van der Waals surface area contributed by atoms with E-state index in [0.29, 0.717) is 58.2 Å². The average Bonchev–Trinajstić information content (AvgIpc) is 3.24. The molecule has 0 saturated carbocycles. The highest BCUT2D eigenvalue weighted by atomic mass is 35.5. The van der Waals surface area contributed by atoms with Crippen LogP contribution in [0.3, 0.4) is 0 Å². The first-order valence-corrected chi connectivity index (χ1v) is 10.4. The molecular formula is C20H16ClN3O4S. The second kappa shape index (κ2) is 8.23. The summed E-state index contributed by atoms with van der Waals surface area (Å²) in [6.45, 7) is 0.788. The lowest BCUT2D eigenvalue weighted by Crippen LogP contribution is -2.44. The van der Waals surface area contributed by atoms with Gasteiger partial charge >= 0.3 is 0 Å². The van der Waals surface area contributed by atoms with Crippen LogP contribution in [-0.2, 0) is 4.79 Å². The molecule has 0 aliphatic carbocycles. The molecule has 2 heterocycles. The predicted octanol–water partition coefficient (Wildman–Crippen LogP) is 3.14. The van der Waals surface area contributed by atoms with Crippen molar-refractivity contribution in [1.82, 2.24) is 4.90 Å². The molecule has 1 N–H and O–H groups in total. The maximum atomic E-state index is 13.1. The van der Waals surface area contributed by atoms with Crippen LogP contribution >= 0.6 is 23.4 Å². The molecule has 29 heavy (non-hydrogen) atoms. The molecule has 2 aromatic rings. The Morgan fingerprint density at radius 2 is 1.97 bits per heavy atom. The standard InChI is InChI=1S/C20H16ClN3O4S/c21-15-7-13(8-17-18(15)28-6-5-27-17)20(26)24-11-29-10-16(24)19(25)23-14-3-1-12(9-22)2-4-14/h1-4,7-8,16H,5-6,10-11H2,(H,23,25). The van der Waals surface area contributed by atoms with Crippen molar-refractivity contribution in [2.45, 2.75) is 6.04 Å². The Morgan fingerprint density at radius 3 is 2.72 bits per heavy atom. The third-order valence-corrected chi connectivity index (χ3v) is 5.86. The highest BCUT2D eigenvalue weighted by Gasteiger charge is 2.36. The van der Waals surface area contributed by atoms with Gasteiger partial charge < -0.3 is 19.7 Å². The van der Waals surface area contributed by atoms with Crippen molar-refractivity contribution in [3.63, 3.8) is 0 Å². The number of anilines is 1. The summed E-state index contributed by atoms with van der Waals surface area (Å²) >= 11 is 7.75.